The van der Waals surface area contributed by atoms with E-state index in [1.807, 2.05) is 6.92 Å². The molecular formula is C8H17NOS. The van der Waals surface area contributed by atoms with Crippen LogP contribution in [-0.2, 0) is 4.79 Å². The van der Waals surface area contributed by atoms with Gasteiger partial charge in [0, 0.05) is 23.5 Å². The lowest BCUT2D eigenvalue weighted by molar-refractivity contribution is -0.119. The zero-order valence-corrected chi connectivity index (χ0v) is 8.28. The van der Waals surface area contributed by atoms with E-state index in [4.69, 9.17) is 5.73 Å². The molecule has 0 spiro atoms. The third-order valence-corrected chi connectivity index (χ3v) is 3.11. The first-order chi connectivity index (χ1) is 5.07. The van der Waals surface area contributed by atoms with Gasteiger partial charge in [0.25, 0.3) is 0 Å². The van der Waals surface area contributed by atoms with Crippen LogP contribution in [0.1, 0.15) is 20.8 Å². The van der Waals surface area contributed by atoms with Gasteiger partial charge < -0.3 is 5.73 Å². The second-order valence-corrected chi connectivity index (χ2v) is 4.36. The summed E-state index contributed by atoms with van der Waals surface area (Å²) in [5.74, 6) is 1.34. The molecule has 66 valence electrons. The van der Waals surface area contributed by atoms with Gasteiger partial charge in [0.15, 0.2) is 0 Å². The van der Waals surface area contributed by atoms with E-state index in [2.05, 4.69) is 6.92 Å². The summed E-state index contributed by atoms with van der Waals surface area (Å²) in [7, 11) is 0. The Bertz CT molecular complexity index is 127. The maximum absolute atomic E-state index is 10.8. The first-order valence-electron chi connectivity index (χ1n) is 3.90. The smallest absolute Gasteiger partial charge is 0.133 e. The molecule has 0 saturated carbocycles. The van der Waals surface area contributed by atoms with Crippen LogP contribution < -0.4 is 5.73 Å². The van der Waals surface area contributed by atoms with Gasteiger partial charge in [-0.1, -0.05) is 13.8 Å². The molecular weight excluding hydrogens is 158 g/mol. The van der Waals surface area contributed by atoms with Gasteiger partial charge in [-0.15, -0.1) is 0 Å². The lowest BCUT2D eigenvalue weighted by Gasteiger charge is -2.10. The highest BCUT2D eigenvalue weighted by atomic mass is 32.2. The van der Waals surface area contributed by atoms with Crippen LogP contribution in [-0.4, -0.2) is 23.3 Å². The van der Waals surface area contributed by atoms with Gasteiger partial charge in [0.05, 0.1) is 0 Å². The third kappa shape index (κ3) is 5.27. The zero-order chi connectivity index (χ0) is 8.85. The van der Waals surface area contributed by atoms with Gasteiger partial charge in [-0.2, -0.15) is 11.8 Å². The first-order valence-corrected chi connectivity index (χ1v) is 4.95. The first kappa shape index (κ1) is 11.0. The molecule has 0 rings (SSSR count). The number of thioether (sulfide) groups is 1. The Morgan fingerprint density at radius 3 is 2.45 bits per heavy atom. The van der Waals surface area contributed by atoms with Crippen LogP contribution in [0.15, 0.2) is 0 Å². The van der Waals surface area contributed by atoms with Crippen molar-refractivity contribution in [2.24, 2.45) is 11.7 Å². The van der Waals surface area contributed by atoms with E-state index in [1.54, 1.807) is 18.7 Å². The van der Waals surface area contributed by atoms with E-state index < -0.39 is 0 Å². The van der Waals surface area contributed by atoms with Gasteiger partial charge in [0.1, 0.15) is 5.78 Å². The Hall–Kier alpha value is -0.0200. The fraction of sp³-hybridized carbons (Fsp3) is 0.875. The number of carbonyl (C=O) groups excluding carboxylic acids is 1. The van der Waals surface area contributed by atoms with Crippen LogP contribution in [0, 0.1) is 5.92 Å². The summed E-state index contributed by atoms with van der Waals surface area (Å²) >= 11 is 1.77. The lowest BCUT2D eigenvalue weighted by atomic mass is 10.1. The van der Waals surface area contributed by atoms with Crippen molar-refractivity contribution in [2.75, 3.05) is 12.3 Å². The van der Waals surface area contributed by atoms with Crippen molar-refractivity contribution in [1.29, 1.82) is 0 Å². The van der Waals surface area contributed by atoms with Crippen molar-refractivity contribution in [2.45, 2.75) is 26.0 Å². The van der Waals surface area contributed by atoms with Crippen molar-refractivity contribution in [3.63, 3.8) is 0 Å². The van der Waals surface area contributed by atoms with Gasteiger partial charge in [-0.3, -0.25) is 4.79 Å². The molecule has 2 unspecified atom stereocenters. The Kier molecular flexibility index (Phi) is 5.60. The van der Waals surface area contributed by atoms with Gasteiger partial charge >= 0.3 is 0 Å². The molecule has 3 heteroatoms. The normalized spacial score (nSPS) is 16.0. The van der Waals surface area contributed by atoms with E-state index in [0.29, 0.717) is 11.8 Å². The summed E-state index contributed by atoms with van der Waals surface area (Å²) in [5.41, 5.74) is 5.43. The highest BCUT2D eigenvalue weighted by molar-refractivity contribution is 7.99. The van der Waals surface area contributed by atoms with Crippen molar-refractivity contribution in [1.82, 2.24) is 0 Å². The third-order valence-electron chi connectivity index (χ3n) is 1.66. The van der Waals surface area contributed by atoms with Crippen LogP contribution in [0.25, 0.3) is 0 Å². The average Bonchev–Trinajstić information content (AvgIpc) is 1.99. The number of hydrogen-bond acceptors (Lipinski definition) is 3. The van der Waals surface area contributed by atoms with E-state index >= 15 is 0 Å². The molecule has 0 amide bonds. The molecule has 0 heterocycles. The van der Waals surface area contributed by atoms with Gasteiger partial charge in [0.2, 0.25) is 0 Å². The van der Waals surface area contributed by atoms with Crippen molar-refractivity contribution in [3.05, 3.63) is 0 Å². The van der Waals surface area contributed by atoms with Crippen LogP contribution in [0.4, 0.5) is 0 Å². The van der Waals surface area contributed by atoms with E-state index in [0.717, 1.165) is 5.75 Å². The van der Waals surface area contributed by atoms with Crippen LogP contribution in [0.2, 0.25) is 0 Å². The van der Waals surface area contributed by atoms with Gasteiger partial charge in [-0.05, 0) is 6.92 Å². The molecule has 0 aromatic heterocycles. The van der Waals surface area contributed by atoms with Gasteiger partial charge in [-0.25, -0.2) is 0 Å². The minimum Gasteiger partial charge on any atom is -0.329 e. The maximum atomic E-state index is 10.8. The standard InChI is InChI=1S/C8H17NOS/c1-6(8(3)10)5-11-7(2)4-9/h6-7H,4-5,9H2,1-3H3. The van der Waals surface area contributed by atoms with Crippen LogP contribution >= 0.6 is 11.8 Å². The molecule has 2 atom stereocenters. The molecule has 11 heavy (non-hydrogen) atoms. The molecule has 2 nitrogen and oxygen atoms in total. The number of Topliss-reactive ketones (excluding diaryl/α,β-unsaturated/α-hetero) is 1. The number of hydrogen-bond donors (Lipinski definition) is 1. The zero-order valence-electron chi connectivity index (χ0n) is 7.46. The average molecular weight is 175 g/mol. The lowest BCUT2D eigenvalue weighted by Crippen LogP contribution is -2.16. The molecule has 0 radical (unpaired) electrons. The highest BCUT2D eigenvalue weighted by Crippen LogP contribution is 2.13. The van der Waals surface area contributed by atoms with Crippen LogP contribution in [0.3, 0.4) is 0 Å². The molecule has 2 N–H and O–H groups in total. The quantitative estimate of drug-likeness (QED) is 0.684. The summed E-state index contributed by atoms with van der Waals surface area (Å²) < 4.78 is 0. The highest BCUT2D eigenvalue weighted by Gasteiger charge is 2.09. The second-order valence-electron chi connectivity index (χ2n) is 2.89. The predicted molar refractivity (Wildman–Crippen MR) is 50.8 cm³/mol. The van der Waals surface area contributed by atoms with E-state index in [-0.39, 0.29) is 11.7 Å². The SMILES string of the molecule is CC(=O)C(C)CSC(C)CN. The fourth-order valence-electron chi connectivity index (χ4n) is 0.494. The van der Waals surface area contributed by atoms with Crippen molar-refractivity contribution in [3.8, 4) is 0 Å². The maximum Gasteiger partial charge on any atom is 0.133 e. The van der Waals surface area contributed by atoms with Crippen LogP contribution in [0.5, 0.6) is 0 Å². The molecule has 0 aliphatic rings. The van der Waals surface area contributed by atoms with E-state index in [9.17, 15) is 4.79 Å². The van der Waals surface area contributed by atoms with Crippen molar-refractivity contribution < 1.29 is 4.79 Å². The summed E-state index contributed by atoms with van der Waals surface area (Å²) in [5, 5.41) is 0.469. The Balaban J connectivity index is 3.45. The number of nitrogens with two attached hydrogens (primary N) is 1. The minimum atomic E-state index is 0.175. The Morgan fingerprint density at radius 1 is 1.55 bits per heavy atom. The molecule has 0 aliphatic heterocycles. The molecule has 0 aromatic carbocycles. The monoisotopic (exact) mass is 175 g/mol. The second kappa shape index (κ2) is 5.61. The molecule has 0 bridgehead atoms. The summed E-state index contributed by atoms with van der Waals surface area (Å²) in [6.07, 6.45) is 0. The summed E-state index contributed by atoms with van der Waals surface area (Å²) in [4.78, 5) is 10.8. The molecule has 0 saturated heterocycles. The number of rotatable bonds is 5. The minimum absolute atomic E-state index is 0.175. The summed E-state index contributed by atoms with van der Waals surface area (Å²) in [6.45, 7) is 6.36. The molecule has 0 aliphatic carbocycles. The largest absolute Gasteiger partial charge is 0.329 e. The predicted octanol–water partition coefficient (Wildman–Crippen LogP) is 1.29. The van der Waals surface area contributed by atoms with E-state index in [1.165, 1.54) is 0 Å². The summed E-state index contributed by atoms with van der Waals surface area (Å²) in [6, 6.07) is 0. The number of carbonyl (C=O) groups is 1. The Labute approximate surface area is 72.9 Å². The fourth-order valence-corrected chi connectivity index (χ4v) is 1.48. The topological polar surface area (TPSA) is 43.1 Å². The molecule has 0 fully saturated rings. The molecule has 0 aromatic rings. The number of ketones is 1. The van der Waals surface area contributed by atoms with Crippen molar-refractivity contribution >= 4 is 17.5 Å². The Morgan fingerprint density at radius 2 is 2.09 bits per heavy atom.